The van der Waals surface area contributed by atoms with Gasteiger partial charge in [0.25, 0.3) is 0 Å². The highest BCUT2D eigenvalue weighted by atomic mass is 32.1. The lowest BCUT2D eigenvalue weighted by Gasteiger charge is -2.34. The fourth-order valence-corrected chi connectivity index (χ4v) is 2.75. The Bertz CT molecular complexity index is 515. The van der Waals surface area contributed by atoms with E-state index in [0.29, 0.717) is 17.5 Å². The molecule has 1 saturated heterocycles. The van der Waals surface area contributed by atoms with E-state index in [-0.39, 0.29) is 5.91 Å². The van der Waals surface area contributed by atoms with E-state index in [9.17, 15) is 4.79 Å². The van der Waals surface area contributed by atoms with Gasteiger partial charge in [0.1, 0.15) is 4.99 Å². The Kier molecular flexibility index (Phi) is 5.31. The number of nitrogens with zero attached hydrogens (tertiary/aromatic N) is 1. The highest BCUT2D eigenvalue weighted by molar-refractivity contribution is 7.80. The zero-order valence-electron chi connectivity index (χ0n) is 12.6. The molecule has 1 aromatic rings. The molecule has 0 bridgehead atoms. The van der Waals surface area contributed by atoms with Gasteiger partial charge in [-0.3, -0.25) is 9.69 Å². The van der Waals surface area contributed by atoms with Crippen LogP contribution in [0.1, 0.15) is 25.8 Å². The molecule has 3 N–H and O–H groups in total. The quantitative estimate of drug-likeness (QED) is 0.838. The van der Waals surface area contributed by atoms with Crippen LogP contribution in [0.2, 0.25) is 0 Å². The number of thiocarbonyl (C=S) groups is 1. The Hall–Kier alpha value is -1.46. The van der Waals surface area contributed by atoms with Crippen molar-refractivity contribution in [2.45, 2.75) is 20.3 Å². The minimum absolute atomic E-state index is 0.0276. The molecule has 0 saturated carbocycles. The van der Waals surface area contributed by atoms with Crippen molar-refractivity contribution >= 4 is 28.8 Å². The summed E-state index contributed by atoms with van der Waals surface area (Å²) in [5.41, 5.74) is 7.13. The summed E-state index contributed by atoms with van der Waals surface area (Å²) in [5.74, 6) is 1.42. The molecule has 21 heavy (non-hydrogen) atoms. The van der Waals surface area contributed by atoms with Crippen LogP contribution in [0.25, 0.3) is 0 Å². The topological polar surface area (TPSA) is 58.4 Å². The Morgan fingerprint density at radius 3 is 2.57 bits per heavy atom. The molecular formula is C16H23N3OS. The summed E-state index contributed by atoms with van der Waals surface area (Å²) in [4.78, 5) is 14.7. The van der Waals surface area contributed by atoms with Crippen LogP contribution in [0.15, 0.2) is 24.3 Å². The van der Waals surface area contributed by atoms with Gasteiger partial charge in [0.2, 0.25) is 5.91 Å². The molecule has 2 rings (SSSR count). The molecule has 5 heteroatoms. The predicted molar refractivity (Wildman–Crippen MR) is 90.3 cm³/mol. The van der Waals surface area contributed by atoms with E-state index < -0.39 is 0 Å². The molecule has 1 aromatic carbocycles. The van der Waals surface area contributed by atoms with Crippen molar-refractivity contribution in [3.8, 4) is 0 Å². The average molecular weight is 305 g/mol. The minimum Gasteiger partial charge on any atom is -0.389 e. The number of carbonyl (C=O) groups is 1. The van der Waals surface area contributed by atoms with Crippen molar-refractivity contribution in [1.82, 2.24) is 4.90 Å². The van der Waals surface area contributed by atoms with Crippen LogP contribution >= 0.6 is 12.2 Å². The number of likely N-dealkylation sites (tertiary alicyclic amines) is 1. The first-order chi connectivity index (χ1) is 9.95. The second-order valence-corrected chi connectivity index (χ2v) is 6.41. The van der Waals surface area contributed by atoms with Crippen molar-refractivity contribution in [2.24, 2.45) is 17.6 Å². The Morgan fingerprint density at radius 2 is 2.00 bits per heavy atom. The van der Waals surface area contributed by atoms with E-state index in [0.717, 1.165) is 36.7 Å². The maximum absolute atomic E-state index is 12.1. The van der Waals surface area contributed by atoms with Crippen molar-refractivity contribution in [2.75, 3.05) is 25.0 Å². The number of nitrogens with two attached hydrogens (primary N) is 1. The number of hydrogen-bond donors (Lipinski definition) is 2. The van der Waals surface area contributed by atoms with E-state index in [1.54, 1.807) is 0 Å². The van der Waals surface area contributed by atoms with Crippen LogP contribution in [-0.2, 0) is 4.79 Å². The highest BCUT2D eigenvalue weighted by Gasteiger charge is 2.23. The number of anilines is 1. The maximum Gasteiger partial charge on any atom is 0.238 e. The molecule has 114 valence electrons. The van der Waals surface area contributed by atoms with Crippen LogP contribution in [0, 0.1) is 11.8 Å². The van der Waals surface area contributed by atoms with Crippen LogP contribution in [0.5, 0.6) is 0 Å². The van der Waals surface area contributed by atoms with E-state index in [4.69, 9.17) is 18.0 Å². The van der Waals surface area contributed by atoms with E-state index in [1.165, 1.54) is 0 Å². The van der Waals surface area contributed by atoms with E-state index in [1.807, 2.05) is 24.3 Å². The lowest BCUT2D eigenvalue weighted by molar-refractivity contribution is -0.117. The van der Waals surface area contributed by atoms with Gasteiger partial charge >= 0.3 is 0 Å². The van der Waals surface area contributed by atoms with Gasteiger partial charge in [-0.05, 0) is 49.1 Å². The molecule has 2 atom stereocenters. The van der Waals surface area contributed by atoms with Gasteiger partial charge in [-0.2, -0.15) is 0 Å². The molecule has 1 fully saturated rings. The van der Waals surface area contributed by atoms with Gasteiger partial charge in [-0.25, -0.2) is 0 Å². The van der Waals surface area contributed by atoms with Gasteiger partial charge in [-0.1, -0.05) is 26.1 Å². The summed E-state index contributed by atoms with van der Waals surface area (Å²) in [6.45, 7) is 6.98. The monoisotopic (exact) mass is 305 g/mol. The number of amides is 1. The summed E-state index contributed by atoms with van der Waals surface area (Å²) < 4.78 is 0. The Morgan fingerprint density at radius 1 is 1.33 bits per heavy atom. The smallest absolute Gasteiger partial charge is 0.238 e. The number of hydrogen-bond acceptors (Lipinski definition) is 3. The van der Waals surface area contributed by atoms with Gasteiger partial charge in [0.15, 0.2) is 0 Å². The average Bonchev–Trinajstić information content (AvgIpc) is 2.43. The molecule has 1 aliphatic rings. The van der Waals surface area contributed by atoms with Gasteiger partial charge in [0.05, 0.1) is 6.54 Å². The molecule has 1 heterocycles. The maximum atomic E-state index is 12.1. The summed E-state index contributed by atoms with van der Waals surface area (Å²) in [5, 5.41) is 2.92. The van der Waals surface area contributed by atoms with Gasteiger partial charge in [0, 0.05) is 17.8 Å². The Balaban J connectivity index is 1.85. The van der Waals surface area contributed by atoms with Crippen molar-refractivity contribution in [1.29, 1.82) is 0 Å². The third-order valence-electron chi connectivity index (χ3n) is 4.24. The summed E-state index contributed by atoms with van der Waals surface area (Å²) in [6, 6.07) is 7.30. The number of rotatable bonds is 4. The molecule has 4 nitrogen and oxygen atoms in total. The van der Waals surface area contributed by atoms with Crippen molar-refractivity contribution in [3.05, 3.63) is 29.8 Å². The van der Waals surface area contributed by atoms with E-state index in [2.05, 4.69) is 24.1 Å². The lowest BCUT2D eigenvalue weighted by atomic mass is 9.89. The molecule has 0 aliphatic carbocycles. The predicted octanol–water partition coefficient (Wildman–Crippen LogP) is 2.24. The van der Waals surface area contributed by atoms with E-state index >= 15 is 0 Å². The third-order valence-corrected chi connectivity index (χ3v) is 4.47. The van der Waals surface area contributed by atoms with Crippen molar-refractivity contribution < 1.29 is 4.79 Å². The first kappa shape index (κ1) is 15.9. The normalized spacial score (nSPS) is 22.8. The second kappa shape index (κ2) is 7.00. The minimum atomic E-state index is 0.0276. The molecular weight excluding hydrogens is 282 g/mol. The largest absolute Gasteiger partial charge is 0.389 e. The first-order valence-corrected chi connectivity index (χ1v) is 7.78. The standard InChI is InChI=1S/C16H23N3OS/c1-11-7-8-19(9-12(11)2)10-15(20)18-14-5-3-13(4-6-14)16(17)21/h3-6,11-12H,7-10H2,1-2H3,(H2,17,21)(H,18,20). The zero-order chi connectivity index (χ0) is 15.4. The van der Waals surface area contributed by atoms with Crippen molar-refractivity contribution in [3.63, 3.8) is 0 Å². The Labute approximate surface area is 131 Å². The first-order valence-electron chi connectivity index (χ1n) is 7.38. The summed E-state index contributed by atoms with van der Waals surface area (Å²) >= 11 is 4.91. The van der Waals surface area contributed by atoms with Crippen LogP contribution in [0.4, 0.5) is 5.69 Å². The highest BCUT2D eigenvalue weighted by Crippen LogP contribution is 2.22. The number of nitrogens with one attached hydrogen (secondary N) is 1. The summed E-state index contributed by atoms with van der Waals surface area (Å²) in [6.07, 6.45) is 1.16. The number of piperidine rings is 1. The van der Waals surface area contributed by atoms with Crippen LogP contribution < -0.4 is 11.1 Å². The van der Waals surface area contributed by atoms with Crippen LogP contribution in [0.3, 0.4) is 0 Å². The summed E-state index contributed by atoms with van der Waals surface area (Å²) in [7, 11) is 0. The molecule has 1 amide bonds. The lowest BCUT2D eigenvalue weighted by Crippen LogP contribution is -2.42. The van der Waals surface area contributed by atoms with Crippen LogP contribution in [-0.4, -0.2) is 35.4 Å². The molecule has 0 aromatic heterocycles. The number of benzene rings is 1. The zero-order valence-corrected chi connectivity index (χ0v) is 13.5. The molecule has 1 aliphatic heterocycles. The molecule has 2 unspecified atom stereocenters. The fourth-order valence-electron chi connectivity index (χ4n) is 2.61. The third kappa shape index (κ3) is 4.51. The second-order valence-electron chi connectivity index (χ2n) is 5.97. The molecule has 0 radical (unpaired) electrons. The fraction of sp³-hybridized carbons (Fsp3) is 0.500. The van der Waals surface area contributed by atoms with Gasteiger partial charge in [-0.15, -0.1) is 0 Å². The SMILES string of the molecule is CC1CCN(CC(=O)Nc2ccc(C(N)=S)cc2)CC1C. The number of carbonyl (C=O) groups excluding carboxylic acids is 1. The van der Waals surface area contributed by atoms with Gasteiger partial charge < -0.3 is 11.1 Å². The molecule has 0 spiro atoms.